The smallest absolute Gasteiger partial charge is 0.254 e. The van der Waals surface area contributed by atoms with Gasteiger partial charge in [-0.3, -0.25) is 4.79 Å². The third-order valence-electron chi connectivity index (χ3n) is 6.07. The average Bonchev–Trinajstić information content (AvgIpc) is 2.86. The summed E-state index contributed by atoms with van der Waals surface area (Å²) in [6, 6.07) is 15.2. The average molecular weight is 443 g/mol. The second-order valence-electron chi connectivity index (χ2n) is 8.16. The minimum Gasteiger partial charge on any atom is -0.481 e. The van der Waals surface area contributed by atoms with Crippen LogP contribution in [0.5, 0.6) is 11.8 Å². The number of hydrogen-bond donors (Lipinski definition) is 0. The molecule has 3 heterocycles. The van der Waals surface area contributed by atoms with Gasteiger partial charge in [-0.05, 0) is 50.5 Å². The van der Waals surface area contributed by atoms with Crippen LogP contribution in [0.3, 0.4) is 0 Å². The van der Waals surface area contributed by atoms with E-state index in [1.54, 1.807) is 31.6 Å². The molecule has 33 heavy (non-hydrogen) atoms. The third kappa shape index (κ3) is 4.65. The number of piperidine rings is 1. The van der Waals surface area contributed by atoms with Crippen LogP contribution in [0.1, 0.15) is 41.3 Å². The standard InChI is InChI=1S/C26H26N4O3/c1-17-8-10-21(33-25-18(2)19(14-27)12-13-28-25)16-30(17)26(31)23-7-5-4-6-22(23)20-9-11-24(32-3)29-15-20/h4-7,9,11-13,15,17,21H,8,10,16H2,1-3H3. The lowest BCUT2D eigenvalue weighted by atomic mass is 9.96. The third-order valence-corrected chi connectivity index (χ3v) is 6.07. The lowest BCUT2D eigenvalue weighted by molar-refractivity contribution is 0.0371. The first kappa shape index (κ1) is 22.3. The van der Waals surface area contributed by atoms with Crippen LogP contribution < -0.4 is 9.47 Å². The minimum atomic E-state index is -0.194. The molecule has 2 atom stereocenters. The molecule has 0 aliphatic carbocycles. The SMILES string of the molecule is COc1ccc(-c2ccccc2C(=O)N2CC(Oc3nccc(C#N)c3C)CCC2C)cn1. The number of methoxy groups -OCH3 is 1. The van der Waals surface area contributed by atoms with E-state index >= 15 is 0 Å². The van der Waals surface area contributed by atoms with E-state index in [1.807, 2.05) is 42.2 Å². The fourth-order valence-electron chi connectivity index (χ4n) is 4.10. The Morgan fingerprint density at radius 2 is 1.97 bits per heavy atom. The largest absolute Gasteiger partial charge is 0.481 e. The van der Waals surface area contributed by atoms with Gasteiger partial charge in [0.15, 0.2) is 0 Å². The van der Waals surface area contributed by atoms with Crippen LogP contribution in [0.2, 0.25) is 0 Å². The monoisotopic (exact) mass is 442 g/mol. The van der Waals surface area contributed by atoms with E-state index in [-0.39, 0.29) is 18.1 Å². The molecule has 168 valence electrons. The fraction of sp³-hybridized carbons (Fsp3) is 0.308. The van der Waals surface area contributed by atoms with Crippen LogP contribution in [0, 0.1) is 18.3 Å². The van der Waals surface area contributed by atoms with E-state index < -0.39 is 0 Å². The fourth-order valence-corrected chi connectivity index (χ4v) is 4.10. The summed E-state index contributed by atoms with van der Waals surface area (Å²) in [5.74, 6) is 0.931. The lowest BCUT2D eigenvalue weighted by Crippen LogP contribution is -2.49. The zero-order valence-corrected chi connectivity index (χ0v) is 19.0. The Hall–Kier alpha value is -3.92. The Labute approximate surface area is 193 Å². The number of pyridine rings is 2. The molecule has 0 spiro atoms. The van der Waals surface area contributed by atoms with Crippen molar-refractivity contribution in [3.8, 4) is 29.0 Å². The van der Waals surface area contributed by atoms with E-state index in [0.717, 1.165) is 24.0 Å². The quantitative estimate of drug-likeness (QED) is 0.582. The lowest BCUT2D eigenvalue weighted by Gasteiger charge is -2.38. The predicted octanol–water partition coefficient (Wildman–Crippen LogP) is 4.40. The first-order valence-corrected chi connectivity index (χ1v) is 10.9. The van der Waals surface area contributed by atoms with Crippen LogP contribution in [0.15, 0.2) is 54.9 Å². The van der Waals surface area contributed by atoms with Gasteiger partial charge in [-0.2, -0.15) is 5.26 Å². The second kappa shape index (κ2) is 9.70. The van der Waals surface area contributed by atoms with Crippen LogP contribution in [-0.4, -0.2) is 46.6 Å². The van der Waals surface area contributed by atoms with Crippen LogP contribution in [0.4, 0.5) is 0 Å². The molecule has 2 aromatic heterocycles. The van der Waals surface area contributed by atoms with E-state index in [4.69, 9.17) is 9.47 Å². The van der Waals surface area contributed by atoms with Crippen molar-refractivity contribution in [2.75, 3.05) is 13.7 Å². The molecule has 7 nitrogen and oxygen atoms in total. The van der Waals surface area contributed by atoms with Gasteiger partial charge < -0.3 is 14.4 Å². The van der Waals surface area contributed by atoms with Crippen LogP contribution in [-0.2, 0) is 0 Å². The number of benzene rings is 1. The van der Waals surface area contributed by atoms with Gasteiger partial charge in [0.25, 0.3) is 5.91 Å². The molecule has 1 aliphatic rings. The van der Waals surface area contributed by atoms with Crippen molar-refractivity contribution in [2.24, 2.45) is 0 Å². The van der Waals surface area contributed by atoms with Crippen molar-refractivity contribution < 1.29 is 14.3 Å². The zero-order chi connectivity index (χ0) is 23.4. The van der Waals surface area contributed by atoms with E-state index in [0.29, 0.717) is 35.0 Å². The van der Waals surface area contributed by atoms with Crippen molar-refractivity contribution in [1.29, 1.82) is 5.26 Å². The number of hydrogen-bond acceptors (Lipinski definition) is 6. The number of amides is 1. The summed E-state index contributed by atoms with van der Waals surface area (Å²) in [5, 5.41) is 9.28. The Morgan fingerprint density at radius 1 is 1.15 bits per heavy atom. The molecule has 0 bridgehead atoms. The van der Waals surface area contributed by atoms with E-state index in [9.17, 15) is 10.1 Å². The summed E-state index contributed by atoms with van der Waals surface area (Å²) in [5.41, 5.74) is 3.56. The van der Waals surface area contributed by atoms with Gasteiger partial charge in [-0.15, -0.1) is 0 Å². The predicted molar refractivity (Wildman–Crippen MR) is 124 cm³/mol. The summed E-state index contributed by atoms with van der Waals surface area (Å²) in [6.45, 7) is 4.34. The molecule has 7 heteroatoms. The summed E-state index contributed by atoms with van der Waals surface area (Å²) in [7, 11) is 1.57. The maximum Gasteiger partial charge on any atom is 0.254 e. The zero-order valence-electron chi connectivity index (χ0n) is 19.0. The van der Waals surface area contributed by atoms with Crippen molar-refractivity contribution in [1.82, 2.24) is 14.9 Å². The molecule has 0 radical (unpaired) electrons. The van der Waals surface area contributed by atoms with E-state index in [2.05, 4.69) is 23.0 Å². The maximum atomic E-state index is 13.7. The number of ether oxygens (including phenoxy) is 2. The molecule has 1 amide bonds. The number of nitriles is 1. The molecule has 0 N–H and O–H groups in total. The number of carbonyl (C=O) groups is 1. The highest BCUT2D eigenvalue weighted by Gasteiger charge is 2.32. The minimum absolute atomic E-state index is 0.0438. The molecule has 3 aromatic rings. The summed E-state index contributed by atoms with van der Waals surface area (Å²) in [6.07, 6.45) is 4.73. The molecule has 1 saturated heterocycles. The van der Waals surface area contributed by atoms with Crippen molar-refractivity contribution in [3.63, 3.8) is 0 Å². The number of likely N-dealkylation sites (tertiary alicyclic amines) is 1. The highest BCUT2D eigenvalue weighted by atomic mass is 16.5. The topological polar surface area (TPSA) is 88.3 Å². The second-order valence-corrected chi connectivity index (χ2v) is 8.16. The normalized spacial score (nSPS) is 17.8. The number of nitrogens with zero attached hydrogens (tertiary/aromatic N) is 4. The highest BCUT2D eigenvalue weighted by molar-refractivity contribution is 6.01. The Kier molecular flexibility index (Phi) is 6.55. The van der Waals surface area contributed by atoms with Gasteiger partial charge in [0.2, 0.25) is 11.8 Å². The van der Waals surface area contributed by atoms with Crippen molar-refractivity contribution >= 4 is 5.91 Å². The van der Waals surface area contributed by atoms with Crippen molar-refractivity contribution in [2.45, 2.75) is 38.8 Å². The van der Waals surface area contributed by atoms with Gasteiger partial charge in [-0.1, -0.05) is 18.2 Å². The molecule has 1 fully saturated rings. The highest BCUT2D eigenvalue weighted by Crippen LogP contribution is 2.29. The first-order valence-electron chi connectivity index (χ1n) is 10.9. The van der Waals surface area contributed by atoms with E-state index in [1.165, 1.54) is 0 Å². The molecular weight excluding hydrogens is 416 g/mol. The van der Waals surface area contributed by atoms with Gasteiger partial charge >= 0.3 is 0 Å². The Morgan fingerprint density at radius 3 is 2.70 bits per heavy atom. The van der Waals surface area contributed by atoms with Gasteiger partial charge in [-0.25, -0.2) is 9.97 Å². The molecule has 4 rings (SSSR count). The van der Waals surface area contributed by atoms with Gasteiger partial charge in [0.05, 0.1) is 25.3 Å². The molecule has 2 unspecified atom stereocenters. The molecule has 1 aliphatic heterocycles. The van der Waals surface area contributed by atoms with Gasteiger partial charge in [0, 0.05) is 41.2 Å². The summed E-state index contributed by atoms with van der Waals surface area (Å²) >= 11 is 0. The number of aromatic nitrogens is 2. The Balaban J connectivity index is 1.57. The van der Waals surface area contributed by atoms with Gasteiger partial charge in [0.1, 0.15) is 6.10 Å². The van der Waals surface area contributed by atoms with Crippen LogP contribution >= 0.6 is 0 Å². The molecular formula is C26H26N4O3. The number of rotatable bonds is 5. The summed E-state index contributed by atoms with van der Waals surface area (Å²) < 4.78 is 11.3. The molecule has 0 saturated carbocycles. The van der Waals surface area contributed by atoms with Crippen LogP contribution in [0.25, 0.3) is 11.1 Å². The van der Waals surface area contributed by atoms with Crippen molar-refractivity contribution in [3.05, 3.63) is 71.5 Å². The first-order chi connectivity index (χ1) is 16.0. The molecule has 1 aromatic carbocycles. The maximum absolute atomic E-state index is 13.7. The summed E-state index contributed by atoms with van der Waals surface area (Å²) in [4.78, 5) is 24.1. The Bertz CT molecular complexity index is 1190. The number of carbonyl (C=O) groups excluding carboxylic acids is 1.